The third-order valence-electron chi connectivity index (χ3n) is 5.78. The molecule has 0 aliphatic carbocycles. The molecule has 172 valence electrons. The maximum atomic E-state index is 12.8. The molecule has 0 saturated heterocycles. The van der Waals surface area contributed by atoms with Gasteiger partial charge in [0.25, 0.3) is 0 Å². The van der Waals surface area contributed by atoms with Crippen LogP contribution in [0, 0.1) is 0 Å². The Labute approximate surface area is 199 Å². The van der Waals surface area contributed by atoms with Gasteiger partial charge in [0, 0.05) is 29.3 Å². The van der Waals surface area contributed by atoms with Crippen molar-refractivity contribution in [3.8, 4) is 22.7 Å². The third-order valence-corrected chi connectivity index (χ3v) is 6.80. The van der Waals surface area contributed by atoms with Crippen LogP contribution in [0.5, 0.6) is 5.75 Å². The Balaban J connectivity index is 1.63. The molecule has 0 spiro atoms. The SMILES string of the molecule is COc1cccc(C2=NN(S(C)(=O)=O)[C@H](c3cn(-c4ccccc4)nc3-c3ccccc3)C2)c1. The van der Waals surface area contributed by atoms with E-state index in [2.05, 4.69) is 5.10 Å². The molecule has 1 aromatic heterocycles. The lowest BCUT2D eigenvalue weighted by Crippen LogP contribution is -2.26. The molecule has 3 aromatic carbocycles. The monoisotopic (exact) mass is 472 g/mol. The molecule has 0 saturated carbocycles. The van der Waals surface area contributed by atoms with Crippen molar-refractivity contribution in [1.82, 2.24) is 14.2 Å². The molecule has 0 bridgehead atoms. The highest BCUT2D eigenvalue weighted by atomic mass is 32.2. The first-order valence-corrected chi connectivity index (χ1v) is 12.7. The number of methoxy groups -OCH3 is 1. The molecule has 2 heterocycles. The van der Waals surface area contributed by atoms with E-state index in [1.165, 1.54) is 10.7 Å². The van der Waals surface area contributed by atoms with E-state index in [1.807, 2.05) is 91.1 Å². The number of para-hydroxylation sites is 1. The number of benzene rings is 3. The van der Waals surface area contributed by atoms with Gasteiger partial charge in [0.15, 0.2) is 0 Å². The zero-order chi connectivity index (χ0) is 23.7. The Morgan fingerprint density at radius 2 is 1.59 bits per heavy atom. The summed E-state index contributed by atoms with van der Waals surface area (Å²) in [7, 11) is -2.03. The molecule has 1 atom stereocenters. The first kappa shape index (κ1) is 21.9. The second-order valence-corrected chi connectivity index (χ2v) is 9.95. The average Bonchev–Trinajstić information content (AvgIpc) is 3.50. The maximum absolute atomic E-state index is 12.8. The number of ether oxygens (including phenoxy) is 1. The Bertz CT molecular complexity index is 1450. The van der Waals surface area contributed by atoms with Crippen molar-refractivity contribution in [2.24, 2.45) is 5.10 Å². The minimum absolute atomic E-state index is 0.417. The average molecular weight is 473 g/mol. The predicted molar refractivity (Wildman–Crippen MR) is 133 cm³/mol. The van der Waals surface area contributed by atoms with Crippen LogP contribution in [0.3, 0.4) is 0 Å². The predicted octanol–water partition coefficient (Wildman–Crippen LogP) is 4.66. The molecule has 7 nitrogen and oxygen atoms in total. The van der Waals surface area contributed by atoms with Crippen LogP contribution in [-0.4, -0.2) is 41.7 Å². The van der Waals surface area contributed by atoms with Crippen LogP contribution in [0.4, 0.5) is 0 Å². The largest absolute Gasteiger partial charge is 0.497 e. The highest BCUT2D eigenvalue weighted by molar-refractivity contribution is 7.88. The highest BCUT2D eigenvalue weighted by Gasteiger charge is 2.37. The minimum Gasteiger partial charge on any atom is -0.497 e. The number of aromatic nitrogens is 2. The maximum Gasteiger partial charge on any atom is 0.247 e. The van der Waals surface area contributed by atoms with Gasteiger partial charge in [-0.15, -0.1) is 0 Å². The van der Waals surface area contributed by atoms with E-state index in [1.54, 1.807) is 11.8 Å². The van der Waals surface area contributed by atoms with Crippen LogP contribution in [0.2, 0.25) is 0 Å². The van der Waals surface area contributed by atoms with E-state index in [9.17, 15) is 8.42 Å². The van der Waals surface area contributed by atoms with E-state index in [0.717, 1.165) is 28.1 Å². The third kappa shape index (κ3) is 4.20. The van der Waals surface area contributed by atoms with E-state index in [4.69, 9.17) is 9.84 Å². The molecule has 0 unspecified atom stereocenters. The quantitative estimate of drug-likeness (QED) is 0.409. The van der Waals surface area contributed by atoms with Crippen molar-refractivity contribution in [2.45, 2.75) is 12.5 Å². The zero-order valence-electron chi connectivity index (χ0n) is 18.9. The van der Waals surface area contributed by atoms with Gasteiger partial charge in [-0.05, 0) is 24.3 Å². The van der Waals surface area contributed by atoms with Crippen molar-refractivity contribution in [1.29, 1.82) is 0 Å². The first-order valence-electron chi connectivity index (χ1n) is 10.9. The topological polar surface area (TPSA) is 76.8 Å². The van der Waals surface area contributed by atoms with Gasteiger partial charge < -0.3 is 4.74 Å². The number of hydrogen-bond donors (Lipinski definition) is 0. The molecule has 8 heteroatoms. The Morgan fingerprint density at radius 3 is 2.26 bits per heavy atom. The second-order valence-electron chi connectivity index (χ2n) is 8.11. The summed E-state index contributed by atoms with van der Waals surface area (Å²) in [5, 5.41) is 9.41. The first-order chi connectivity index (χ1) is 16.4. The molecule has 34 heavy (non-hydrogen) atoms. The van der Waals surface area contributed by atoms with Crippen LogP contribution in [-0.2, 0) is 10.0 Å². The van der Waals surface area contributed by atoms with Crippen LogP contribution in [0.25, 0.3) is 16.9 Å². The molecule has 1 aliphatic heterocycles. The van der Waals surface area contributed by atoms with Gasteiger partial charge in [-0.25, -0.2) is 13.1 Å². The Morgan fingerprint density at radius 1 is 0.912 bits per heavy atom. The van der Waals surface area contributed by atoms with E-state index < -0.39 is 16.1 Å². The lowest BCUT2D eigenvalue weighted by Gasteiger charge is -2.21. The van der Waals surface area contributed by atoms with Gasteiger partial charge in [-0.1, -0.05) is 60.7 Å². The molecule has 0 fully saturated rings. The van der Waals surface area contributed by atoms with Crippen LogP contribution < -0.4 is 4.74 Å². The van der Waals surface area contributed by atoms with Crippen LogP contribution >= 0.6 is 0 Å². The lowest BCUT2D eigenvalue weighted by atomic mass is 9.97. The van der Waals surface area contributed by atoms with Crippen molar-refractivity contribution in [2.75, 3.05) is 13.4 Å². The van der Waals surface area contributed by atoms with E-state index in [-0.39, 0.29) is 0 Å². The molecule has 0 amide bonds. The summed E-state index contributed by atoms with van der Waals surface area (Å²) in [5.41, 5.74) is 4.83. The van der Waals surface area contributed by atoms with E-state index in [0.29, 0.717) is 17.9 Å². The summed E-state index contributed by atoms with van der Waals surface area (Å²) in [6, 6.07) is 26.5. The normalized spacial score (nSPS) is 15.9. The Hall–Kier alpha value is -3.91. The fourth-order valence-corrected chi connectivity index (χ4v) is 5.06. The van der Waals surface area contributed by atoms with Gasteiger partial charge in [0.05, 0.1) is 36.5 Å². The van der Waals surface area contributed by atoms with Gasteiger partial charge in [0.1, 0.15) is 5.75 Å². The van der Waals surface area contributed by atoms with Crippen LogP contribution in [0.15, 0.2) is 96.2 Å². The molecular formula is C26H24N4O3S. The fourth-order valence-electron chi connectivity index (χ4n) is 4.17. The fraction of sp³-hybridized carbons (Fsp3) is 0.154. The minimum atomic E-state index is -3.63. The number of nitrogens with zero attached hydrogens (tertiary/aromatic N) is 4. The highest BCUT2D eigenvalue weighted by Crippen LogP contribution is 2.39. The van der Waals surface area contributed by atoms with Gasteiger partial charge in [0.2, 0.25) is 10.0 Å². The number of sulfonamides is 1. The summed E-state index contributed by atoms with van der Waals surface area (Å²) in [6.45, 7) is 0. The smallest absolute Gasteiger partial charge is 0.247 e. The molecule has 4 aromatic rings. The molecule has 0 N–H and O–H groups in total. The molecule has 5 rings (SSSR count). The van der Waals surface area contributed by atoms with Crippen molar-refractivity contribution >= 4 is 15.7 Å². The summed E-state index contributed by atoms with van der Waals surface area (Å²) in [5.74, 6) is 0.691. The van der Waals surface area contributed by atoms with Crippen molar-refractivity contribution < 1.29 is 13.2 Å². The van der Waals surface area contributed by atoms with Crippen molar-refractivity contribution in [3.63, 3.8) is 0 Å². The number of hydrazone groups is 1. The molecular weight excluding hydrogens is 448 g/mol. The number of hydrogen-bond acceptors (Lipinski definition) is 5. The summed E-state index contributed by atoms with van der Waals surface area (Å²) in [4.78, 5) is 0. The standard InChI is InChI=1S/C26H24N4O3S/c1-33-22-15-9-12-20(16-22)24-17-25(30(27-24)34(2,31)32)23-18-29(21-13-7-4-8-14-21)28-26(23)19-10-5-3-6-11-19/h3-16,18,25H,17H2,1-2H3/t25-/m0/s1. The second kappa shape index (κ2) is 8.79. The Kier molecular flexibility index (Phi) is 5.67. The van der Waals surface area contributed by atoms with E-state index >= 15 is 0 Å². The summed E-state index contributed by atoms with van der Waals surface area (Å²) < 4.78 is 34.0. The molecule has 0 radical (unpaired) electrons. The van der Waals surface area contributed by atoms with Gasteiger partial charge in [-0.2, -0.15) is 14.6 Å². The molecule has 1 aliphatic rings. The van der Waals surface area contributed by atoms with Crippen molar-refractivity contribution in [3.05, 3.63) is 102 Å². The van der Waals surface area contributed by atoms with Crippen LogP contribution in [0.1, 0.15) is 23.6 Å². The number of rotatable bonds is 6. The van der Waals surface area contributed by atoms with Gasteiger partial charge in [-0.3, -0.25) is 0 Å². The lowest BCUT2D eigenvalue weighted by molar-refractivity contribution is 0.375. The summed E-state index contributed by atoms with van der Waals surface area (Å²) >= 11 is 0. The zero-order valence-corrected chi connectivity index (χ0v) is 19.7. The summed E-state index contributed by atoms with van der Waals surface area (Å²) in [6.07, 6.45) is 3.51. The van der Waals surface area contributed by atoms with Gasteiger partial charge >= 0.3 is 0 Å².